The van der Waals surface area contributed by atoms with Crippen molar-refractivity contribution < 1.29 is 43.2 Å². The monoisotopic (exact) mass is 668 g/mol. The molecule has 41 heavy (non-hydrogen) atoms. The van der Waals surface area contributed by atoms with E-state index in [4.69, 9.17) is 78.9 Å². The molecule has 0 radical (unpaired) electrons. The van der Waals surface area contributed by atoms with Gasteiger partial charge in [-0.1, -0.05) is 86.0 Å². The molecular formula is C26H46Cl3N2O9P. The third kappa shape index (κ3) is 14.4. The van der Waals surface area contributed by atoms with Gasteiger partial charge in [-0.3, -0.25) is 19.0 Å². The largest absolute Gasteiger partial charge is 0.475 e. The quantitative estimate of drug-likeness (QED) is 0.0328. The van der Waals surface area contributed by atoms with Crippen LogP contribution in [0.15, 0.2) is 25.3 Å². The molecule has 6 atom stereocenters. The lowest BCUT2D eigenvalue weighted by Crippen LogP contribution is -2.64. The van der Waals surface area contributed by atoms with Gasteiger partial charge >= 0.3 is 7.82 Å². The number of nitrogens with two attached hydrogens (primary N) is 1. The maximum Gasteiger partial charge on any atom is 0.475 e. The molecule has 15 heteroatoms. The number of phosphoric acid groups is 1. The van der Waals surface area contributed by atoms with Crippen molar-refractivity contribution in [2.24, 2.45) is 5.73 Å². The maximum absolute atomic E-state index is 13.6. The van der Waals surface area contributed by atoms with E-state index in [1.54, 1.807) is 7.11 Å². The number of nitrogens with one attached hydrogen (secondary N) is 1. The first-order valence-electron chi connectivity index (χ1n) is 14.1. The highest BCUT2D eigenvalue weighted by Gasteiger charge is 2.51. The van der Waals surface area contributed by atoms with Gasteiger partial charge in [0.15, 0.2) is 0 Å². The van der Waals surface area contributed by atoms with Crippen LogP contribution in [0.3, 0.4) is 0 Å². The average Bonchev–Trinajstić information content (AvgIpc) is 2.95. The molecule has 1 aliphatic rings. The van der Waals surface area contributed by atoms with E-state index < -0.39 is 48.2 Å². The van der Waals surface area contributed by atoms with Crippen LogP contribution in [0.5, 0.6) is 0 Å². The minimum atomic E-state index is -4.23. The van der Waals surface area contributed by atoms with Gasteiger partial charge in [-0.25, -0.2) is 4.57 Å². The molecule has 0 aromatic carbocycles. The Morgan fingerprint density at radius 2 is 1.78 bits per heavy atom. The molecule has 1 unspecified atom stereocenters. The van der Waals surface area contributed by atoms with Crippen LogP contribution in [0.2, 0.25) is 1.41 Å². The number of methoxy groups -OCH3 is 2. The van der Waals surface area contributed by atoms with Crippen LogP contribution in [0.4, 0.5) is 0 Å². The fourth-order valence-corrected chi connectivity index (χ4v) is 5.50. The SMILES string of the molecule is [3H]N[C@H]1C(OC(=N)C(Cl)(Cl)Cl)O[C@H](COC)[C@@H](OP(=O)(OCC=C)OCC=C)[C@@H]1OCC[C@@H](CCCCCCC)OC. The van der Waals surface area contributed by atoms with Gasteiger partial charge in [-0.05, 0) is 12.8 Å². The molecule has 3 N–H and O–H groups in total. The first-order chi connectivity index (χ1) is 20.0. The molecule has 1 rings (SSSR count). The van der Waals surface area contributed by atoms with Crippen molar-refractivity contribution in [2.45, 2.75) is 92.4 Å². The lowest BCUT2D eigenvalue weighted by Gasteiger charge is -2.45. The number of unbranched alkanes of at least 4 members (excludes halogenated alkanes) is 4. The molecule has 11 nitrogen and oxygen atoms in total. The minimum absolute atomic E-state index is 0.0643. The van der Waals surface area contributed by atoms with Crippen LogP contribution in [-0.4, -0.2) is 87.1 Å². The summed E-state index contributed by atoms with van der Waals surface area (Å²) < 4.78 is 64.9. The Kier molecular flexibility index (Phi) is 18.6. The molecule has 0 bridgehead atoms. The van der Waals surface area contributed by atoms with E-state index in [1.165, 1.54) is 38.5 Å². The van der Waals surface area contributed by atoms with Crippen molar-refractivity contribution >= 4 is 48.5 Å². The van der Waals surface area contributed by atoms with E-state index in [0.29, 0.717) is 6.42 Å². The summed E-state index contributed by atoms with van der Waals surface area (Å²) in [6, 6.07) is -1.11. The summed E-state index contributed by atoms with van der Waals surface area (Å²) in [6.07, 6.45) is 5.21. The van der Waals surface area contributed by atoms with Crippen molar-refractivity contribution in [3.63, 3.8) is 0 Å². The normalized spacial score (nSPS) is 24.4. The highest BCUT2D eigenvalue weighted by molar-refractivity contribution is 7.48. The van der Waals surface area contributed by atoms with Crippen LogP contribution >= 0.6 is 42.6 Å². The summed E-state index contributed by atoms with van der Waals surface area (Å²) in [5.41, 5.74) is 2.32. The van der Waals surface area contributed by atoms with E-state index in [2.05, 4.69) is 25.8 Å². The van der Waals surface area contributed by atoms with Crippen LogP contribution in [-0.2, 0) is 41.8 Å². The molecule has 0 amide bonds. The molecule has 1 heterocycles. The van der Waals surface area contributed by atoms with Crippen molar-refractivity contribution in [1.82, 2.24) is 0 Å². The summed E-state index contributed by atoms with van der Waals surface area (Å²) in [6.45, 7) is 9.13. The lowest BCUT2D eigenvalue weighted by atomic mass is 9.97. The Labute approximate surface area is 260 Å². The minimum Gasteiger partial charge on any atom is -0.446 e. The molecule has 240 valence electrons. The second kappa shape index (κ2) is 20.6. The van der Waals surface area contributed by atoms with Crippen LogP contribution < -0.4 is 5.73 Å². The van der Waals surface area contributed by atoms with Crippen molar-refractivity contribution in [2.75, 3.05) is 40.6 Å². The van der Waals surface area contributed by atoms with Crippen LogP contribution in [0.25, 0.3) is 0 Å². The maximum atomic E-state index is 13.6. The molecule has 0 aromatic heterocycles. The van der Waals surface area contributed by atoms with Crippen LogP contribution in [0, 0.1) is 5.41 Å². The fraction of sp³-hybridized carbons (Fsp3) is 0.808. The molecule has 0 saturated carbocycles. The van der Waals surface area contributed by atoms with E-state index in [0.717, 1.165) is 19.3 Å². The lowest BCUT2D eigenvalue weighted by molar-refractivity contribution is -0.251. The second-order valence-electron chi connectivity index (χ2n) is 9.34. The van der Waals surface area contributed by atoms with Gasteiger partial charge in [0.05, 0.1) is 32.0 Å². The van der Waals surface area contributed by atoms with Gasteiger partial charge in [0, 0.05) is 20.8 Å². The second-order valence-corrected chi connectivity index (χ2v) is 13.2. The van der Waals surface area contributed by atoms with Gasteiger partial charge in [-0.15, -0.1) is 13.2 Å². The summed E-state index contributed by atoms with van der Waals surface area (Å²) >= 11 is 17.5. The highest BCUT2D eigenvalue weighted by atomic mass is 35.6. The number of halogens is 3. The Morgan fingerprint density at radius 3 is 2.32 bits per heavy atom. The van der Waals surface area contributed by atoms with Crippen molar-refractivity contribution in [3.05, 3.63) is 25.3 Å². The number of rotatable bonds is 23. The van der Waals surface area contributed by atoms with E-state index in [9.17, 15) is 4.57 Å². The Bertz CT molecular complexity index is 827. The van der Waals surface area contributed by atoms with Crippen molar-refractivity contribution in [3.8, 4) is 0 Å². The smallest absolute Gasteiger partial charge is 0.446 e. The summed E-state index contributed by atoms with van der Waals surface area (Å²) in [5, 5.41) is 8.04. The van der Waals surface area contributed by atoms with E-state index >= 15 is 0 Å². The standard InChI is InChI=1S/C26H46Cl3N2O9P/c1-6-9-10-11-12-13-19(34-5)14-17-35-23-21(30)24(39-25(31)26(27,28)29)38-20(18-33-4)22(23)40-41(32,36-15-7-2)37-16-8-3/h7-8,19-24,31H,2-3,6,9-18,30H2,1,4-5H3/t19-,20-,21-,22-,23-,24?/m1/s1/i/hT. The molecule has 1 fully saturated rings. The average molecular weight is 670 g/mol. The third-order valence-corrected chi connectivity index (χ3v) is 8.08. The molecule has 0 aromatic rings. The van der Waals surface area contributed by atoms with Gasteiger partial charge in [0.1, 0.15) is 19.7 Å². The molecular weight excluding hydrogens is 622 g/mol. The number of hydrogen-bond donors (Lipinski definition) is 2. The number of hydrogen-bond acceptors (Lipinski definition) is 11. The fourth-order valence-electron chi connectivity index (χ4n) is 4.04. The highest BCUT2D eigenvalue weighted by Crippen LogP contribution is 2.52. The Balaban J connectivity index is 3.27. The van der Waals surface area contributed by atoms with Crippen molar-refractivity contribution in [1.29, 1.82) is 5.41 Å². The van der Waals surface area contributed by atoms with Gasteiger partial charge in [-0.2, -0.15) is 0 Å². The van der Waals surface area contributed by atoms with Crippen LogP contribution in [0.1, 0.15) is 51.9 Å². The van der Waals surface area contributed by atoms with Gasteiger partial charge in [0.25, 0.3) is 3.79 Å². The number of ether oxygens (including phenoxy) is 5. The molecule has 1 aliphatic heterocycles. The Hall–Kier alpha value is -0.270. The zero-order valence-electron chi connectivity index (χ0n) is 25.1. The predicted octanol–water partition coefficient (Wildman–Crippen LogP) is 6.10. The summed E-state index contributed by atoms with van der Waals surface area (Å²) in [7, 11) is -1.15. The molecule has 0 aliphatic carbocycles. The molecule has 1 saturated heterocycles. The topological polar surface area (TPSA) is 141 Å². The van der Waals surface area contributed by atoms with Gasteiger partial charge in [0.2, 0.25) is 12.2 Å². The summed E-state index contributed by atoms with van der Waals surface area (Å²) in [4.78, 5) is 0. The van der Waals surface area contributed by atoms with Gasteiger partial charge < -0.3 is 29.4 Å². The predicted molar refractivity (Wildman–Crippen MR) is 161 cm³/mol. The molecule has 0 spiro atoms. The first kappa shape index (κ1) is 36.9. The Morgan fingerprint density at radius 1 is 1.12 bits per heavy atom. The number of phosphoric ester groups is 1. The zero-order valence-corrected chi connectivity index (χ0v) is 27.2. The first-order valence-corrected chi connectivity index (χ1v) is 16.2. The number of alkyl halides is 3. The summed E-state index contributed by atoms with van der Waals surface area (Å²) in [5.74, 6) is -0.733. The van der Waals surface area contributed by atoms with E-state index in [-0.39, 0.29) is 32.5 Å². The third-order valence-electron chi connectivity index (χ3n) is 6.13. The zero-order chi connectivity index (χ0) is 31.6. The van der Waals surface area contributed by atoms with E-state index in [1.807, 2.05) is 0 Å².